The lowest BCUT2D eigenvalue weighted by Gasteiger charge is -2.09. The van der Waals surface area contributed by atoms with Crippen LogP contribution in [0.2, 0.25) is 0 Å². The Kier molecular flexibility index (Phi) is 2.98. The normalized spacial score (nSPS) is 12.1. The van der Waals surface area contributed by atoms with Gasteiger partial charge in [-0.25, -0.2) is 0 Å². The Balaban J connectivity index is 2.25. The first-order valence-corrected chi connectivity index (χ1v) is 9.83. The first-order valence-electron chi connectivity index (χ1n) is 6.58. The standard InChI is InChI=1S/C18H12BrP/c19-20-17-7-3-6-12-8-9-15-10-13-4-1-2-5-14(13)11-16(15)18(12)17/h1-11,20H. The van der Waals surface area contributed by atoms with Crippen LogP contribution in [0.5, 0.6) is 0 Å². The molecule has 0 aliphatic heterocycles. The second-order valence-electron chi connectivity index (χ2n) is 4.98. The summed E-state index contributed by atoms with van der Waals surface area (Å²) in [6.07, 6.45) is 0. The van der Waals surface area contributed by atoms with Gasteiger partial charge < -0.3 is 0 Å². The summed E-state index contributed by atoms with van der Waals surface area (Å²) in [5.74, 6) is 0. The predicted octanol–water partition coefficient (Wildman–Crippen LogP) is 5.76. The van der Waals surface area contributed by atoms with Crippen molar-refractivity contribution in [3.8, 4) is 0 Å². The number of hydrogen-bond acceptors (Lipinski definition) is 0. The van der Waals surface area contributed by atoms with Crippen LogP contribution in [0.15, 0.2) is 66.7 Å². The summed E-state index contributed by atoms with van der Waals surface area (Å²) in [5.41, 5.74) is 0. The van der Waals surface area contributed by atoms with Gasteiger partial charge in [-0.15, -0.1) is 0 Å². The average Bonchev–Trinajstić information content (AvgIpc) is 2.52. The SMILES string of the molecule is BrPc1cccc2ccc3cc4ccccc4cc3c12. The van der Waals surface area contributed by atoms with Crippen molar-refractivity contribution in [2.75, 3.05) is 0 Å². The Hall–Kier alpha value is -1.43. The van der Waals surface area contributed by atoms with Gasteiger partial charge in [0.1, 0.15) is 0 Å². The van der Waals surface area contributed by atoms with Gasteiger partial charge in [0.25, 0.3) is 0 Å². The Morgan fingerprint density at radius 1 is 0.650 bits per heavy atom. The van der Waals surface area contributed by atoms with Crippen LogP contribution in [0.1, 0.15) is 0 Å². The fourth-order valence-corrected chi connectivity index (χ4v) is 4.40. The molecule has 4 rings (SSSR count). The number of benzene rings is 4. The van der Waals surface area contributed by atoms with Crippen molar-refractivity contribution in [2.24, 2.45) is 0 Å². The zero-order valence-electron chi connectivity index (χ0n) is 10.7. The van der Waals surface area contributed by atoms with Crippen LogP contribution in [0, 0.1) is 0 Å². The van der Waals surface area contributed by atoms with E-state index in [0.29, 0.717) is 7.28 Å². The van der Waals surface area contributed by atoms with E-state index in [9.17, 15) is 0 Å². The molecule has 0 bridgehead atoms. The molecule has 0 saturated heterocycles. The Morgan fingerprint density at radius 3 is 2.15 bits per heavy atom. The summed E-state index contributed by atoms with van der Waals surface area (Å²) in [5, 5.41) is 9.35. The second kappa shape index (κ2) is 4.84. The highest BCUT2D eigenvalue weighted by molar-refractivity contribution is 9.37. The van der Waals surface area contributed by atoms with E-state index in [1.807, 2.05) is 0 Å². The third-order valence-corrected chi connectivity index (χ3v) is 5.73. The zero-order chi connectivity index (χ0) is 13.5. The molecule has 0 aromatic heterocycles. The minimum atomic E-state index is 0.637. The maximum atomic E-state index is 3.64. The van der Waals surface area contributed by atoms with E-state index in [1.165, 1.54) is 37.6 Å². The summed E-state index contributed by atoms with van der Waals surface area (Å²) in [4.78, 5) is 0. The van der Waals surface area contributed by atoms with Crippen molar-refractivity contribution in [3.63, 3.8) is 0 Å². The lowest BCUT2D eigenvalue weighted by Crippen LogP contribution is -1.94. The van der Waals surface area contributed by atoms with Crippen LogP contribution in [0.25, 0.3) is 32.3 Å². The van der Waals surface area contributed by atoms with E-state index < -0.39 is 0 Å². The topological polar surface area (TPSA) is 0 Å². The molecule has 2 heteroatoms. The number of hydrogen-bond donors (Lipinski definition) is 0. The fraction of sp³-hybridized carbons (Fsp3) is 0. The van der Waals surface area contributed by atoms with Crippen LogP contribution in [0.3, 0.4) is 0 Å². The van der Waals surface area contributed by atoms with Gasteiger partial charge in [0.2, 0.25) is 0 Å². The lowest BCUT2D eigenvalue weighted by molar-refractivity contribution is 1.79. The van der Waals surface area contributed by atoms with Crippen molar-refractivity contribution in [3.05, 3.63) is 66.7 Å². The minimum absolute atomic E-state index is 0.637. The molecule has 1 atom stereocenters. The van der Waals surface area contributed by atoms with E-state index in [1.54, 1.807) is 0 Å². The van der Waals surface area contributed by atoms with Crippen molar-refractivity contribution in [1.82, 2.24) is 0 Å². The second-order valence-corrected chi connectivity index (χ2v) is 6.90. The van der Waals surface area contributed by atoms with E-state index in [-0.39, 0.29) is 0 Å². The van der Waals surface area contributed by atoms with Gasteiger partial charge in [0.05, 0.1) is 0 Å². The summed E-state index contributed by atoms with van der Waals surface area (Å²) in [6, 6.07) is 24.2. The maximum Gasteiger partial charge on any atom is -0.00223 e. The largest absolute Gasteiger partial charge is 0.0616 e. The van der Waals surface area contributed by atoms with Crippen LogP contribution in [-0.4, -0.2) is 0 Å². The zero-order valence-corrected chi connectivity index (χ0v) is 13.3. The van der Waals surface area contributed by atoms with E-state index in [0.717, 1.165) is 0 Å². The predicted molar refractivity (Wildman–Crippen MR) is 95.8 cm³/mol. The summed E-state index contributed by atoms with van der Waals surface area (Å²) >= 11 is 3.64. The van der Waals surface area contributed by atoms with E-state index in [2.05, 4.69) is 82.2 Å². The van der Waals surface area contributed by atoms with Crippen molar-refractivity contribution in [2.45, 2.75) is 0 Å². The molecule has 0 aliphatic carbocycles. The summed E-state index contributed by atoms with van der Waals surface area (Å²) in [6.45, 7) is 0. The van der Waals surface area contributed by atoms with Gasteiger partial charge in [-0.1, -0.05) is 70.1 Å². The highest BCUT2D eigenvalue weighted by Crippen LogP contribution is 2.32. The molecule has 0 nitrogen and oxygen atoms in total. The number of rotatable bonds is 1. The molecule has 4 aromatic rings. The molecule has 20 heavy (non-hydrogen) atoms. The van der Waals surface area contributed by atoms with E-state index in [4.69, 9.17) is 0 Å². The molecule has 0 fully saturated rings. The molecule has 1 unspecified atom stereocenters. The molecule has 0 aliphatic rings. The third-order valence-electron chi connectivity index (χ3n) is 3.83. The van der Waals surface area contributed by atoms with Crippen LogP contribution >= 0.6 is 22.8 Å². The van der Waals surface area contributed by atoms with Crippen LogP contribution in [-0.2, 0) is 0 Å². The lowest BCUT2D eigenvalue weighted by atomic mass is 9.98. The quantitative estimate of drug-likeness (QED) is 0.235. The molecule has 0 radical (unpaired) electrons. The summed E-state index contributed by atoms with van der Waals surface area (Å²) in [7, 11) is 0.637. The number of halogens is 1. The van der Waals surface area contributed by atoms with Gasteiger partial charge in [-0.3, -0.25) is 0 Å². The molecule has 0 heterocycles. The van der Waals surface area contributed by atoms with Crippen LogP contribution < -0.4 is 5.30 Å². The van der Waals surface area contributed by atoms with Gasteiger partial charge in [0, 0.05) is 0 Å². The monoisotopic (exact) mass is 338 g/mol. The minimum Gasteiger partial charge on any atom is -0.0616 e. The Morgan fingerprint density at radius 2 is 1.35 bits per heavy atom. The van der Waals surface area contributed by atoms with Gasteiger partial charge in [-0.05, 0) is 57.0 Å². The molecule has 0 amide bonds. The van der Waals surface area contributed by atoms with Crippen molar-refractivity contribution in [1.29, 1.82) is 0 Å². The van der Waals surface area contributed by atoms with Crippen molar-refractivity contribution < 1.29 is 0 Å². The fourth-order valence-electron chi connectivity index (χ4n) is 2.88. The van der Waals surface area contributed by atoms with Gasteiger partial charge >= 0.3 is 0 Å². The number of fused-ring (bicyclic) bond motifs is 4. The highest BCUT2D eigenvalue weighted by Gasteiger charge is 2.06. The van der Waals surface area contributed by atoms with Gasteiger partial charge in [-0.2, -0.15) is 0 Å². The first-order chi connectivity index (χ1) is 9.86. The average molecular weight is 339 g/mol. The molecule has 0 spiro atoms. The third kappa shape index (κ3) is 1.85. The molecule has 96 valence electrons. The maximum absolute atomic E-state index is 3.64. The summed E-state index contributed by atoms with van der Waals surface area (Å²) < 4.78 is 0. The molecular formula is C18H12BrP. The highest BCUT2D eigenvalue weighted by atomic mass is 79.9. The van der Waals surface area contributed by atoms with E-state index >= 15 is 0 Å². The molecule has 4 aromatic carbocycles. The Labute approximate surface area is 127 Å². The Bertz CT molecular complexity index is 944. The molecular weight excluding hydrogens is 327 g/mol. The first kappa shape index (κ1) is 12.3. The van der Waals surface area contributed by atoms with Crippen molar-refractivity contribution >= 4 is 60.4 Å². The molecule has 0 N–H and O–H groups in total. The smallest absolute Gasteiger partial charge is 0.00223 e. The van der Waals surface area contributed by atoms with Gasteiger partial charge in [0.15, 0.2) is 0 Å². The van der Waals surface area contributed by atoms with Crippen LogP contribution in [0.4, 0.5) is 0 Å². The molecule has 0 saturated carbocycles.